The maximum absolute atomic E-state index is 10.1. The van der Waals surface area contributed by atoms with E-state index in [4.69, 9.17) is 38.6 Å². The zero-order valence-corrected chi connectivity index (χ0v) is 32.0. The van der Waals surface area contributed by atoms with Crippen LogP contribution in [0.3, 0.4) is 0 Å². The van der Waals surface area contributed by atoms with Gasteiger partial charge in [0.15, 0.2) is 5.82 Å². The topological polar surface area (TPSA) is 61.7 Å². The second kappa shape index (κ2) is 14.0. The van der Waals surface area contributed by atoms with Crippen LogP contribution in [0.2, 0.25) is 0 Å². The van der Waals surface area contributed by atoms with Crippen molar-refractivity contribution < 1.29 is 37.3 Å². The summed E-state index contributed by atoms with van der Waals surface area (Å²) >= 11 is 0. The maximum atomic E-state index is 10.1. The molecule has 0 saturated carbocycles. The van der Waals surface area contributed by atoms with Crippen LogP contribution in [0.1, 0.15) is 32.9 Å². The molecule has 6 heteroatoms. The summed E-state index contributed by atoms with van der Waals surface area (Å²) in [5.74, 6) is -1.74. The minimum Gasteiger partial charge on any atom is -0.455 e. The highest BCUT2D eigenvalue weighted by atomic mass is 16.3. The van der Waals surface area contributed by atoms with Crippen LogP contribution in [0.25, 0.3) is 122 Å². The van der Waals surface area contributed by atoms with E-state index in [-0.39, 0.29) is 22.2 Å². The van der Waals surface area contributed by atoms with Crippen LogP contribution in [0.15, 0.2) is 216 Å². The minimum atomic E-state index is -0.917. The fourth-order valence-corrected chi connectivity index (χ4v) is 7.91. The molecule has 0 spiro atoms. The molecule has 0 aliphatic rings. The summed E-state index contributed by atoms with van der Waals surface area (Å²) in [7, 11) is 0. The normalized spacial score (nSPS) is 17.1. The number of fused-ring (bicyclic) bond motifs is 9. The van der Waals surface area contributed by atoms with Gasteiger partial charge in [0.05, 0.1) is 55.0 Å². The van der Waals surface area contributed by atoms with Crippen LogP contribution in [0.5, 0.6) is 0 Å². The first-order valence-corrected chi connectivity index (χ1v) is 19.2. The van der Waals surface area contributed by atoms with Crippen LogP contribution in [0, 0.1) is 0 Å². The zero-order valence-electron chi connectivity index (χ0n) is 56.0. The molecule has 13 rings (SSSR count). The SMILES string of the molecule is [2H]c1c([2H])c([2H])c(-c2c([2H])c([2H])c3c4c([2H])c([2H])c(-c5c([2H])c([2H])c([2H])c([2H])c5[2H])c([2H])c4n(-c4nc(-c5cccc(-c6cccc7c6oc6ccccc67)c5)nc(-n5c6c([2H])c([2H])c([2H])c([2H])c6c6c([2H])c([2H])c([2H])c([2H])c65)n4)c3c2[2H])c([2H])c1[2H]. The number of benzene rings is 9. The molecule has 63 heavy (non-hydrogen) atoms. The molecule has 4 aromatic heterocycles. The van der Waals surface area contributed by atoms with E-state index in [9.17, 15) is 13.7 Å². The molecule has 294 valence electrons. The third-order valence-electron chi connectivity index (χ3n) is 10.7. The fourth-order valence-electron chi connectivity index (χ4n) is 7.91. The summed E-state index contributed by atoms with van der Waals surface area (Å²) in [6, 6.07) is -0.841. The van der Waals surface area contributed by atoms with E-state index in [1.165, 1.54) is 0 Å². The molecule has 0 amide bonds. The fraction of sp³-hybridized carbons (Fsp3) is 0. The minimum absolute atomic E-state index is 0.136. The average Bonchev–Trinajstić information content (AvgIpc) is 1.60. The summed E-state index contributed by atoms with van der Waals surface area (Å²) in [6.07, 6.45) is 0. The Morgan fingerprint density at radius 1 is 0.381 bits per heavy atom. The van der Waals surface area contributed by atoms with E-state index in [0.29, 0.717) is 22.3 Å². The highest BCUT2D eigenvalue weighted by Gasteiger charge is 2.22. The van der Waals surface area contributed by atoms with E-state index in [2.05, 4.69) is 0 Å². The molecule has 0 aliphatic carbocycles. The second-order valence-corrected chi connectivity index (χ2v) is 14.2. The Balaban J connectivity index is 1.26. The van der Waals surface area contributed by atoms with E-state index in [0.717, 1.165) is 19.9 Å². The van der Waals surface area contributed by atoms with Gasteiger partial charge in [-0.15, -0.1) is 0 Å². The quantitative estimate of drug-likeness (QED) is 0.167. The number of rotatable bonds is 6. The Morgan fingerprint density at radius 3 is 1.56 bits per heavy atom. The van der Waals surface area contributed by atoms with Gasteiger partial charge in [-0.1, -0.05) is 175 Å². The molecule has 6 nitrogen and oxygen atoms in total. The van der Waals surface area contributed by atoms with Gasteiger partial charge < -0.3 is 4.42 Å². The summed E-state index contributed by atoms with van der Waals surface area (Å²) in [4.78, 5) is 14.7. The van der Waals surface area contributed by atoms with Gasteiger partial charge in [-0.25, -0.2) is 0 Å². The Bertz CT molecular complexity index is 5080. The van der Waals surface area contributed by atoms with Gasteiger partial charge in [0.25, 0.3) is 0 Å². The first kappa shape index (κ1) is 19.0. The molecular formula is C57H35N5O. The van der Waals surface area contributed by atoms with Crippen molar-refractivity contribution in [2.45, 2.75) is 0 Å². The van der Waals surface area contributed by atoms with Crippen molar-refractivity contribution in [2.75, 3.05) is 0 Å². The smallest absolute Gasteiger partial charge is 0.240 e. The lowest BCUT2D eigenvalue weighted by Crippen LogP contribution is -2.10. The molecule has 0 saturated heterocycles. The standard InChI is InChI=1S/C57H35N5O/c1-3-15-36(16-4-1)38-29-31-45-46-32-30-39(37-17-5-2-6-18-37)35-52(46)62(51(45)34-38)57-59-55(58-56(60-57)61-49-26-10-7-21-43(49)44-22-8-11-27-50(44)61)41-20-13-19-40(33-41)42-24-14-25-48-47-23-9-12-28-53(47)63-54(42)48/h1-35H/i1D,2D,3D,4D,5D,6D,7D,8D,10D,11D,15D,16D,17D,18D,21D,22D,26D,27D,29D,30D,31D,32D,34D,35D. The Labute approximate surface area is 395 Å². The highest BCUT2D eigenvalue weighted by molar-refractivity contribution is 6.12. The number of aromatic nitrogens is 5. The molecule has 0 unspecified atom stereocenters. The van der Waals surface area contributed by atoms with Gasteiger partial charge in [-0.3, -0.25) is 9.13 Å². The van der Waals surface area contributed by atoms with Crippen LogP contribution in [-0.4, -0.2) is 24.1 Å². The van der Waals surface area contributed by atoms with E-state index < -0.39 is 212 Å². The Hall–Kier alpha value is -8.61. The third-order valence-corrected chi connectivity index (χ3v) is 10.7. The third kappa shape index (κ3) is 5.62. The molecule has 0 N–H and O–H groups in total. The lowest BCUT2D eigenvalue weighted by Gasteiger charge is -2.14. The van der Waals surface area contributed by atoms with Gasteiger partial charge >= 0.3 is 0 Å². The van der Waals surface area contributed by atoms with Crippen molar-refractivity contribution in [3.8, 4) is 56.7 Å². The Kier molecular flexibility index (Phi) is 4.21. The zero-order chi connectivity index (χ0) is 62.3. The first-order chi connectivity index (χ1) is 41.2. The average molecular weight is 830 g/mol. The molecule has 0 bridgehead atoms. The molecule has 13 aromatic rings. The van der Waals surface area contributed by atoms with Crippen molar-refractivity contribution in [3.63, 3.8) is 0 Å². The van der Waals surface area contributed by atoms with Gasteiger partial charge in [-0.05, 0) is 64.1 Å². The maximum Gasteiger partial charge on any atom is 0.240 e. The number of hydrogen-bond donors (Lipinski definition) is 0. The molecule has 0 atom stereocenters. The van der Waals surface area contributed by atoms with Crippen LogP contribution >= 0.6 is 0 Å². The van der Waals surface area contributed by atoms with E-state index in [1.54, 1.807) is 30.3 Å². The Morgan fingerprint density at radius 2 is 0.905 bits per heavy atom. The molecular weight excluding hydrogens is 771 g/mol. The summed E-state index contributed by atoms with van der Waals surface area (Å²) in [5, 5.41) is -0.273. The molecule has 0 radical (unpaired) electrons. The lowest BCUT2D eigenvalue weighted by molar-refractivity contribution is 0.670. The van der Waals surface area contributed by atoms with E-state index in [1.807, 2.05) is 36.4 Å². The number of para-hydroxylation sites is 4. The van der Waals surface area contributed by atoms with Gasteiger partial charge in [0.2, 0.25) is 11.9 Å². The number of furan rings is 1. The van der Waals surface area contributed by atoms with Gasteiger partial charge in [-0.2, -0.15) is 15.0 Å². The predicted octanol–water partition coefficient (Wildman–Crippen LogP) is 14.6. The molecule has 4 heterocycles. The van der Waals surface area contributed by atoms with Crippen molar-refractivity contribution in [2.24, 2.45) is 0 Å². The van der Waals surface area contributed by atoms with Crippen molar-refractivity contribution in [1.29, 1.82) is 0 Å². The second-order valence-electron chi connectivity index (χ2n) is 14.2. The van der Waals surface area contributed by atoms with Crippen LogP contribution < -0.4 is 0 Å². The number of nitrogens with zero attached hydrogens (tertiary/aromatic N) is 5. The predicted molar refractivity (Wildman–Crippen MR) is 258 cm³/mol. The first-order valence-electron chi connectivity index (χ1n) is 31.2. The highest BCUT2D eigenvalue weighted by Crippen LogP contribution is 2.40. The van der Waals surface area contributed by atoms with Gasteiger partial charge in [0, 0.05) is 43.4 Å². The summed E-state index contributed by atoms with van der Waals surface area (Å²) in [5.41, 5.74) is -2.78. The van der Waals surface area contributed by atoms with Crippen molar-refractivity contribution in [1.82, 2.24) is 24.1 Å². The monoisotopic (exact) mass is 829 g/mol. The largest absolute Gasteiger partial charge is 0.455 e. The lowest BCUT2D eigenvalue weighted by atomic mass is 10.0. The van der Waals surface area contributed by atoms with Crippen molar-refractivity contribution >= 4 is 65.6 Å². The van der Waals surface area contributed by atoms with Crippen LogP contribution in [-0.2, 0) is 0 Å². The van der Waals surface area contributed by atoms with Gasteiger partial charge in [0.1, 0.15) is 11.2 Å². The van der Waals surface area contributed by atoms with Crippen LogP contribution in [0.4, 0.5) is 0 Å². The molecule has 9 aromatic carbocycles. The van der Waals surface area contributed by atoms with Crippen molar-refractivity contribution in [3.05, 3.63) is 212 Å². The van der Waals surface area contributed by atoms with E-state index >= 15 is 0 Å². The summed E-state index contributed by atoms with van der Waals surface area (Å²) in [6.45, 7) is 0. The molecule has 0 fully saturated rings. The number of hydrogen-bond acceptors (Lipinski definition) is 4. The summed E-state index contributed by atoms with van der Waals surface area (Å²) < 4.78 is 226. The molecule has 0 aliphatic heterocycles.